The summed E-state index contributed by atoms with van der Waals surface area (Å²) in [6.45, 7) is 0. The minimum atomic E-state index is -0.987. The van der Waals surface area contributed by atoms with E-state index < -0.39 is 23.6 Å². The fourth-order valence-corrected chi connectivity index (χ4v) is 3.03. The van der Waals surface area contributed by atoms with E-state index in [2.05, 4.69) is 10.6 Å². The molecule has 1 atom stereocenters. The molecule has 1 saturated heterocycles. The first-order chi connectivity index (χ1) is 11.6. The summed E-state index contributed by atoms with van der Waals surface area (Å²) < 4.78 is 11.3. The molecular formula is C17H20N2O5. The van der Waals surface area contributed by atoms with Gasteiger partial charge in [-0.25, -0.2) is 0 Å². The van der Waals surface area contributed by atoms with E-state index in [0.29, 0.717) is 17.2 Å². The summed E-state index contributed by atoms with van der Waals surface area (Å²) in [6.07, 6.45) is 4.34. The molecule has 2 fully saturated rings. The van der Waals surface area contributed by atoms with Crippen LogP contribution in [-0.2, 0) is 14.4 Å². The fourth-order valence-electron chi connectivity index (χ4n) is 3.03. The third-order valence-electron chi connectivity index (χ3n) is 4.31. The number of nitrogens with one attached hydrogen (secondary N) is 2. The Morgan fingerprint density at radius 3 is 2.58 bits per heavy atom. The summed E-state index contributed by atoms with van der Waals surface area (Å²) in [6, 6.07) is 5.07. The number of carbonyl (C=O) groups excluding carboxylic acids is 3. The minimum absolute atomic E-state index is 0.119. The SMILES string of the molecule is COc1ccc(NC(=O)[C@@H]2CC(=O)NC2=O)cc1OC1CCCC1. The van der Waals surface area contributed by atoms with Crippen molar-refractivity contribution in [3.63, 3.8) is 0 Å². The van der Waals surface area contributed by atoms with Gasteiger partial charge >= 0.3 is 0 Å². The van der Waals surface area contributed by atoms with Crippen molar-refractivity contribution in [3.05, 3.63) is 18.2 Å². The van der Waals surface area contributed by atoms with E-state index in [1.807, 2.05) is 0 Å². The van der Waals surface area contributed by atoms with Gasteiger partial charge in [-0.2, -0.15) is 0 Å². The number of hydrogen-bond donors (Lipinski definition) is 2. The molecule has 1 aliphatic heterocycles. The Labute approximate surface area is 139 Å². The van der Waals surface area contributed by atoms with Crippen LogP contribution < -0.4 is 20.1 Å². The zero-order valence-corrected chi connectivity index (χ0v) is 13.5. The van der Waals surface area contributed by atoms with Gasteiger partial charge in [0.05, 0.1) is 13.2 Å². The Morgan fingerprint density at radius 2 is 1.96 bits per heavy atom. The van der Waals surface area contributed by atoms with Crippen LogP contribution in [0, 0.1) is 5.92 Å². The molecule has 0 spiro atoms. The fraction of sp³-hybridized carbons (Fsp3) is 0.471. The smallest absolute Gasteiger partial charge is 0.239 e. The van der Waals surface area contributed by atoms with Crippen molar-refractivity contribution in [1.29, 1.82) is 0 Å². The second kappa shape index (κ2) is 6.90. The molecule has 7 nitrogen and oxygen atoms in total. The quantitative estimate of drug-likeness (QED) is 0.631. The molecule has 2 aliphatic rings. The molecule has 24 heavy (non-hydrogen) atoms. The van der Waals surface area contributed by atoms with Crippen molar-refractivity contribution in [2.45, 2.75) is 38.2 Å². The monoisotopic (exact) mass is 332 g/mol. The second-order valence-electron chi connectivity index (χ2n) is 6.05. The Kier molecular flexibility index (Phi) is 4.69. The number of ether oxygens (including phenoxy) is 2. The van der Waals surface area contributed by atoms with Gasteiger partial charge in [0.2, 0.25) is 17.7 Å². The van der Waals surface area contributed by atoms with E-state index in [0.717, 1.165) is 25.7 Å². The van der Waals surface area contributed by atoms with Crippen LogP contribution in [0.2, 0.25) is 0 Å². The first-order valence-corrected chi connectivity index (χ1v) is 8.06. The largest absolute Gasteiger partial charge is 0.493 e. The maximum absolute atomic E-state index is 12.2. The first kappa shape index (κ1) is 16.3. The predicted octanol–water partition coefficient (Wildman–Crippen LogP) is 1.62. The molecule has 0 radical (unpaired) electrons. The van der Waals surface area contributed by atoms with Gasteiger partial charge < -0.3 is 14.8 Å². The molecule has 2 N–H and O–H groups in total. The molecule has 7 heteroatoms. The number of benzene rings is 1. The summed E-state index contributed by atoms with van der Waals surface area (Å²) >= 11 is 0. The lowest BCUT2D eigenvalue weighted by Crippen LogP contribution is -2.30. The van der Waals surface area contributed by atoms with Gasteiger partial charge in [0, 0.05) is 18.2 Å². The maximum Gasteiger partial charge on any atom is 0.239 e. The maximum atomic E-state index is 12.2. The van der Waals surface area contributed by atoms with Crippen molar-refractivity contribution < 1.29 is 23.9 Å². The van der Waals surface area contributed by atoms with E-state index in [1.165, 1.54) is 0 Å². The van der Waals surface area contributed by atoms with Gasteiger partial charge in [-0.15, -0.1) is 0 Å². The van der Waals surface area contributed by atoms with Crippen molar-refractivity contribution in [2.75, 3.05) is 12.4 Å². The highest BCUT2D eigenvalue weighted by atomic mass is 16.5. The van der Waals surface area contributed by atoms with Gasteiger partial charge in [0.25, 0.3) is 0 Å². The lowest BCUT2D eigenvalue weighted by atomic mass is 10.1. The lowest BCUT2D eigenvalue weighted by Gasteiger charge is -2.17. The van der Waals surface area contributed by atoms with E-state index in [1.54, 1.807) is 25.3 Å². The number of anilines is 1. The molecule has 0 aromatic heterocycles. The Bertz CT molecular complexity index is 667. The summed E-state index contributed by atoms with van der Waals surface area (Å²) in [5.74, 6) is -1.33. The van der Waals surface area contributed by atoms with Crippen LogP contribution in [-0.4, -0.2) is 30.9 Å². The standard InChI is InChI=1S/C17H20N2O5/c1-23-13-7-6-10(8-14(13)24-11-4-2-3-5-11)18-16(21)12-9-15(20)19-17(12)22/h6-8,11-12H,2-5,9H2,1H3,(H,18,21)(H,19,20,22)/t12-/m0/s1. The molecule has 1 aromatic carbocycles. The lowest BCUT2D eigenvalue weighted by molar-refractivity contribution is -0.130. The highest BCUT2D eigenvalue weighted by Crippen LogP contribution is 2.34. The number of hydrogen-bond acceptors (Lipinski definition) is 5. The van der Waals surface area contributed by atoms with Crippen molar-refractivity contribution >= 4 is 23.4 Å². The molecule has 0 bridgehead atoms. The van der Waals surface area contributed by atoms with Gasteiger partial charge in [0.15, 0.2) is 11.5 Å². The van der Waals surface area contributed by atoms with E-state index in [4.69, 9.17) is 9.47 Å². The second-order valence-corrected chi connectivity index (χ2v) is 6.05. The highest BCUT2D eigenvalue weighted by molar-refractivity contribution is 6.16. The normalized spacial score (nSPS) is 20.8. The van der Waals surface area contributed by atoms with Crippen LogP contribution >= 0.6 is 0 Å². The average molecular weight is 332 g/mol. The van der Waals surface area contributed by atoms with Gasteiger partial charge in [0.1, 0.15) is 5.92 Å². The van der Waals surface area contributed by atoms with Crippen molar-refractivity contribution in [2.24, 2.45) is 5.92 Å². The molecule has 1 aromatic rings. The zero-order chi connectivity index (χ0) is 17.1. The molecule has 1 aliphatic carbocycles. The van der Waals surface area contributed by atoms with Crippen LogP contribution in [0.4, 0.5) is 5.69 Å². The number of imide groups is 1. The zero-order valence-electron chi connectivity index (χ0n) is 13.5. The van der Waals surface area contributed by atoms with Crippen LogP contribution in [0.3, 0.4) is 0 Å². The predicted molar refractivity (Wildman–Crippen MR) is 85.8 cm³/mol. The van der Waals surface area contributed by atoms with Gasteiger partial charge in [-0.3, -0.25) is 19.7 Å². The highest BCUT2D eigenvalue weighted by Gasteiger charge is 2.36. The summed E-state index contributed by atoms with van der Waals surface area (Å²) in [5.41, 5.74) is 0.501. The topological polar surface area (TPSA) is 93.7 Å². The first-order valence-electron chi connectivity index (χ1n) is 8.06. The van der Waals surface area contributed by atoms with E-state index >= 15 is 0 Å². The van der Waals surface area contributed by atoms with Crippen molar-refractivity contribution in [3.8, 4) is 11.5 Å². The third kappa shape index (κ3) is 3.50. The van der Waals surface area contributed by atoms with Crippen LogP contribution in [0.25, 0.3) is 0 Å². The number of rotatable bonds is 5. The summed E-state index contributed by atoms with van der Waals surface area (Å²) in [5, 5.41) is 4.79. The molecule has 128 valence electrons. The Balaban J connectivity index is 1.72. The van der Waals surface area contributed by atoms with E-state index in [9.17, 15) is 14.4 Å². The van der Waals surface area contributed by atoms with Gasteiger partial charge in [-0.1, -0.05) is 0 Å². The molecule has 1 saturated carbocycles. The average Bonchev–Trinajstić information content (AvgIpc) is 3.17. The Hall–Kier alpha value is -2.57. The van der Waals surface area contributed by atoms with Crippen LogP contribution in [0.15, 0.2) is 18.2 Å². The van der Waals surface area contributed by atoms with Crippen LogP contribution in [0.1, 0.15) is 32.1 Å². The van der Waals surface area contributed by atoms with Gasteiger partial charge in [-0.05, 0) is 37.8 Å². The number of methoxy groups -OCH3 is 1. The van der Waals surface area contributed by atoms with Crippen LogP contribution in [0.5, 0.6) is 11.5 Å². The molecule has 1 heterocycles. The number of amides is 3. The third-order valence-corrected chi connectivity index (χ3v) is 4.31. The molecular weight excluding hydrogens is 312 g/mol. The van der Waals surface area contributed by atoms with E-state index in [-0.39, 0.29) is 12.5 Å². The van der Waals surface area contributed by atoms with Crippen molar-refractivity contribution in [1.82, 2.24) is 5.32 Å². The molecule has 3 rings (SSSR count). The molecule has 0 unspecified atom stereocenters. The molecule has 3 amide bonds. The summed E-state index contributed by atoms with van der Waals surface area (Å²) in [4.78, 5) is 35.0. The minimum Gasteiger partial charge on any atom is -0.493 e. The summed E-state index contributed by atoms with van der Waals surface area (Å²) in [7, 11) is 1.56. The number of carbonyl (C=O) groups is 3. The Morgan fingerprint density at radius 1 is 1.21 bits per heavy atom.